The zero-order chi connectivity index (χ0) is 12.8. The number of nitrogens with one attached hydrogen (secondary N) is 1. The van der Waals surface area contributed by atoms with Gasteiger partial charge in [-0.25, -0.2) is 0 Å². The molecule has 1 heterocycles. The highest BCUT2D eigenvalue weighted by Gasteiger charge is 2.22. The average molecular weight is 254 g/mol. The van der Waals surface area contributed by atoms with E-state index in [0.717, 1.165) is 31.7 Å². The van der Waals surface area contributed by atoms with Gasteiger partial charge in [0.05, 0.1) is 6.10 Å². The second-order valence-electron chi connectivity index (χ2n) is 6.25. The van der Waals surface area contributed by atoms with Crippen LogP contribution in [-0.2, 0) is 4.74 Å². The van der Waals surface area contributed by atoms with Crippen LogP contribution in [0.1, 0.15) is 45.4 Å². The van der Waals surface area contributed by atoms with Gasteiger partial charge in [-0.05, 0) is 38.6 Å². The minimum atomic E-state index is 0.477. The van der Waals surface area contributed by atoms with E-state index in [1.165, 1.54) is 45.1 Å². The number of nitrogens with zero attached hydrogens (tertiary/aromatic N) is 1. The van der Waals surface area contributed by atoms with Crippen LogP contribution >= 0.6 is 0 Å². The molecular formula is C15H30N2O. The van der Waals surface area contributed by atoms with E-state index in [-0.39, 0.29) is 0 Å². The lowest BCUT2D eigenvalue weighted by Gasteiger charge is -2.34. The molecule has 0 radical (unpaired) electrons. The number of ether oxygens (including phenoxy) is 1. The van der Waals surface area contributed by atoms with Crippen molar-refractivity contribution in [2.75, 3.05) is 33.3 Å². The zero-order valence-electron chi connectivity index (χ0n) is 12.2. The molecule has 2 fully saturated rings. The van der Waals surface area contributed by atoms with Gasteiger partial charge in [-0.1, -0.05) is 19.8 Å². The molecule has 3 unspecified atom stereocenters. The molecule has 1 aliphatic carbocycles. The van der Waals surface area contributed by atoms with Crippen molar-refractivity contribution in [1.29, 1.82) is 0 Å². The van der Waals surface area contributed by atoms with Gasteiger partial charge in [-0.2, -0.15) is 0 Å². The molecule has 0 amide bonds. The zero-order valence-corrected chi connectivity index (χ0v) is 12.2. The molecule has 3 nitrogen and oxygen atoms in total. The molecule has 0 aromatic heterocycles. The molecule has 0 aromatic carbocycles. The van der Waals surface area contributed by atoms with Crippen LogP contribution in [0.5, 0.6) is 0 Å². The lowest BCUT2D eigenvalue weighted by atomic mass is 9.86. The summed E-state index contributed by atoms with van der Waals surface area (Å²) in [4.78, 5) is 2.55. The first-order chi connectivity index (χ1) is 8.75. The average Bonchev–Trinajstić information content (AvgIpc) is 2.87. The van der Waals surface area contributed by atoms with E-state index in [2.05, 4.69) is 24.2 Å². The van der Waals surface area contributed by atoms with Gasteiger partial charge >= 0.3 is 0 Å². The smallest absolute Gasteiger partial charge is 0.0700 e. The normalized spacial score (nSPS) is 33.2. The first-order valence-electron chi connectivity index (χ1n) is 7.78. The van der Waals surface area contributed by atoms with Crippen molar-refractivity contribution in [2.45, 2.75) is 57.6 Å². The van der Waals surface area contributed by atoms with E-state index in [4.69, 9.17) is 4.74 Å². The molecular weight excluding hydrogens is 224 g/mol. The summed E-state index contributed by atoms with van der Waals surface area (Å²) in [6.07, 6.45) is 8.59. The van der Waals surface area contributed by atoms with E-state index < -0.39 is 0 Å². The summed E-state index contributed by atoms with van der Waals surface area (Å²) in [5.41, 5.74) is 0. The molecule has 18 heavy (non-hydrogen) atoms. The molecule has 3 atom stereocenters. The van der Waals surface area contributed by atoms with E-state index >= 15 is 0 Å². The fourth-order valence-corrected chi connectivity index (χ4v) is 3.31. The molecule has 0 aromatic rings. The monoisotopic (exact) mass is 254 g/mol. The lowest BCUT2D eigenvalue weighted by molar-refractivity contribution is 0.108. The minimum Gasteiger partial charge on any atom is -0.377 e. The topological polar surface area (TPSA) is 24.5 Å². The Hall–Kier alpha value is -0.120. The van der Waals surface area contributed by atoms with E-state index in [9.17, 15) is 0 Å². The Morgan fingerprint density at radius 1 is 1.22 bits per heavy atom. The summed E-state index contributed by atoms with van der Waals surface area (Å²) >= 11 is 0. The van der Waals surface area contributed by atoms with Crippen LogP contribution in [0, 0.1) is 5.92 Å². The predicted octanol–water partition coefficient (Wildman–Crippen LogP) is 2.27. The van der Waals surface area contributed by atoms with Gasteiger partial charge in [0.2, 0.25) is 0 Å². The van der Waals surface area contributed by atoms with Crippen LogP contribution in [0.4, 0.5) is 0 Å². The first kappa shape index (κ1) is 14.3. The second kappa shape index (κ2) is 7.46. The van der Waals surface area contributed by atoms with Gasteiger partial charge < -0.3 is 15.0 Å². The molecule has 1 aliphatic heterocycles. The van der Waals surface area contributed by atoms with E-state index in [0.29, 0.717) is 6.10 Å². The van der Waals surface area contributed by atoms with Crippen molar-refractivity contribution in [3.05, 3.63) is 0 Å². The van der Waals surface area contributed by atoms with E-state index in [1.807, 2.05) is 0 Å². The summed E-state index contributed by atoms with van der Waals surface area (Å²) in [5.74, 6) is 0.922. The molecule has 2 aliphatic rings. The second-order valence-corrected chi connectivity index (χ2v) is 6.25. The quantitative estimate of drug-likeness (QED) is 0.736. The summed E-state index contributed by atoms with van der Waals surface area (Å²) < 4.78 is 5.61. The summed E-state index contributed by atoms with van der Waals surface area (Å²) in [5, 5.41) is 3.54. The largest absolute Gasteiger partial charge is 0.377 e. The Labute approximate surface area is 112 Å². The van der Waals surface area contributed by atoms with Crippen molar-refractivity contribution in [2.24, 2.45) is 5.92 Å². The van der Waals surface area contributed by atoms with Crippen molar-refractivity contribution in [1.82, 2.24) is 10.2 Å². The molecule has 0 spiro atoms. The van der Waals surface area contributed by atoms with Gasteiger partial charge in [0.1, 0.15) is 0 Å². The van der Waals surface area contributed by atoms with Crippen LogP contribution in [0.2, 0.25) is 0 Å². The van der Waals surface area contributed by atoms with Crippen LogP contribution in [0.25, 0.3) is 0 Å². The minimum absolute atomic E-state index is 0.477. The number of hydrogen-bond donors (Lipinski definition) is 1. The molecule has 106 valence electrons. The predicted molar refractivity (Wildman–Crippen MR) is 75.9 cm³/mol. The number of likely N-dealkylation sites (N-methyl/N-ethyl adjacent to an activating group) is 1. The number of hydrogen-bond acceptors (Lipinski definition) is 3. The van der Waals surface area contributed by atoms with Crippen molar-refractivity contribution < 1.29 is 4.74 Å². The SMILES string of the molecule is CC1CCCC(N(C)CCNCC2CCCO2)C1. The Balaban J connectivity index is 1.54. The summed E-state index contributed by atoms with van der Waals surface area (Å²) in [6, 6.07) is 0.818. The standard InChI is InChI=1S/C15H30N2O/c1-13-5-3-6-14(11-13)17(2)9-8-16-12-15-7-4-10-18-15/h13-16H,3-12H2,1-2H3. The third-order valence-corrected chi connectivity index (χ3v) is 4.57. The molecule has 3 heteroatoms. The first-order valence-corrected chi connectivity index (χ1v) is 7.78. The van der Waals surface area contributed by atoms with Crippen LogP contribution in [0.3, 0.4) is 0 Å². The molecule has 1 N–H and O–H groups in total. The molecule has 2 rings (SSSR count). The molecule has 0 bridgehead atoms. The maximum atomic E-state index is 5.61. The van der Waals surface area contributed by atoms with Crippen molar-refractivity contribution in [3.63, 3.8) is 0 Å². The Bertz CT molecular complexity index is 229. The fraction of sp³-hybridized carbons (Fsp3) is 1.00. The van der Waals surface area contributed by atoms with Gasteiger partial charge in [-0.15, -0.1) is 0 Å². The summed E-state index contributed by atoms with van der Waals surface area (Å²) in [7, 11) is 2.29. The maximum absolute atomic E-state index is 5.61. The highest BCUT2D eigenvalue weighted by atomic mass is 16.5. The van der Waals surface area contributed by atoms with Crippen molar-refractivity contribution >= 4 is 0 Å². The van der Waals surface area contributed by atoms with Gasteiger partial charge in [0, 0.05) is 32.3 Å². The van der Waals surface area contributed by atoms with Gasteiger partial charge in [-0.3, -0.25) is 0 Å². The van der Waals surface area contributed by atoms with Gasteiger partial charge in [0.15, 0.2) is 0 Å². The Morgan fingerprint density at radius 2 is 2.11 bits per heavy atom. The lowest BCUT2D eigenvalue weighted by Crippen LogP contribution is -2.40. The van der Waals surface area contributed by atoms with Crippen LogP contribution < -0.4 is 5.32 Å². The molecule has 1 saturated carbocycles. The maximum Gasteiger partial charge on any atom is 0.0700 e. The summed E-state index contributed by atoms with van der Waals surface area (Å²) in [6.45, 7) is 6.67. The third kappa shape index (κ3) is 4.52. The number of rotatable bonds is 6. The Morgan fingerprint density at radius 3 is 2.83 bits per heavy atom. The van der Waals surface area contributed by atoms with Crippen LogP contribution in [0.15, 0.2) is 0 Å². The highest BCUT2D eigenvalue weighted by Crippen LogP contribution is 2.26. The highest BCUT2D eigenvalue weighted by molar-refractivity contribution is 4.77. The molecule has 1 saturated heterocycles. The van der Waals surface area contributed by atoms with Crippen molar-refractivity contribution in [3.8, 4) is 0 Å². The van der Waals surface area contributed by atoms with Crippen LogP contribution in [-0.4, -0.2) is 50.3 Å². The third-order valence-electron chi connectivity index (χ3n) is 4.57. The Kier molecular flexibility index (Phi) is 5.93. The van der Waals surface area contributed by atoms with Gasteiger partial charge in [0.25, 0.3) is 0 Å². The fourth-order valence-electron chi connectivity index (χ4n) is 3.31. The van der Waals surface area contributed by atoms with E-state index in [1.54, 1.807) is 0 Å².